The molecule has 112 valence electrons. The topological polar surface area (TPSA) is 72.4 Å². The first kappa shape index (κ1) is 14.1. The van der Waals surface area contributed by atoms with Crippen LogP contribution >= 0.6 is 0 Å². The molecule has 0 aromatic carbocycles. The van der Waals surface area contributed by atoms with E-state index in [0.717, 1.165) is 37.1 Å². The predicted molar refractivity (Wildman–Crippen MR) is 81.0 cm³/mol. The van der Waals surface area contributed by atoms with Crippen molar-refractivity contribution in [3.8, 4) is 0 Å². The van der Waals surface area contributed by atoms with Crippen molar-refractivity contribution in [3.63, 3.8) is 0 Å². The minimum Gasteiger partial charge on any atom is -0.449 e. The van der Waals surface area contributed by atoms with Crippen LogP contribution in [0.15, 0.2) is 22.6 Å². The van der Waals surface area contributed by atoms with E-state index in [0.29, 0.717) is 17.3 Å². The largest absolute Gasteiger partial charge is 0.449 e. The third-order valence-corrected chi connectivity index (χ3v) is 4.29. The lowest BCUT2D eigenvalue weighted by molar-refractivity contribution is 0.0651. The number of aryl methyl sites for hydroxylation is 1. The van der Waals surface area contributed by atoms with Crippen molar-refractivity contribution in [1.29, 1.82) is 0 Å². The molecule has 2 N–H and O–H groups in total. The number of piperidine rings is 1. The average Bonchev–Trinajstić information content (AvgIpc) is 2.89. The van der Waals surface area contributed by atoms with Crippen molar-refractivity contribution in [2.45, 2.75) is 32.7 Å². The standard InChI is InChI=1S/C16H21N3O2/c1-10-3-4-14-13(18-10)9-15(21-14)16(20)19-7-5-12(6-8-19)11(2)17/h3-4,9,11-12H,5-8,17H2,1-2H3. The molecule has 2 aromatic heterocycles. The van der Waals surface area contributed by atoms with Gasteiger partial charge in [-0.25, -0.2) is 4.98 Å². The Kier molecular flexibility index (Phi) is 3.68. The summed E-state index contributed by atoms with van der Waals surface area (Å²) in [5, 5.41) is 0. The van der Waals surface area contributed by atoms with Crippen molar-refractivity contribution in [2.24, 2.45) is 11.7 Å². The van der Waals surface area contributed by atoms with Gasteiger partial charge in [-0.3, -0.25) is 4.79 Å². The first-order valence-corrected chi connectivity index (χ1v) is 7.46. The smallest absolute Gasteiger partial charge is 0.289 e. The maximum Gasteiger partial charge on any atom is 0.289 e. The quantitative estimate of drug-likeness (QED) is 0.920. The molecule has 1 aliphatic heterocycles. The fourth-order valence-electron chi connectivity index (χ4n) is 2.92. The van der Waals surface area contributed by atoms with Crippen LogP contribution in [0.3, 0.4) is 0 Å². The molecule has 5 nitrogen and oxygen atoms in total. The molecular formula is C16H21N3O2. The minimum atomic E-state index is -0.0474. The molecule has 0 bridgehead atoms. The van der Waals surface area contributed by atoms with Crippen molar-refractivity contribution in [1.82, 2.24) is 9.88 Å². The number of amides is 1. The van der Waals surface area contributed by atoms with Gasteiger partial charge in [-0.05, 0) is 44.7 Å². The van der Waals surface area contributed by atoms with Crippen molar-refractivity contribution in [2.75, 3.05) is 13.1 Å². The SMILES string of the molecule is Cc1ccc2oc(C(=O)N3CCC(C(C)N)CC3)cc2n1. The molecule has 3 rings (SSSR count). The van der Waals surface area contributed by atoms with E-state index in [-0.39, 0.29) is 11.9 Å². The lowest BCUT2D eigenvalue weighted by Crippen LogP contribution is -2.42. The van der Waals surface area contributed by atoms with Crippen LogP contribution in [-0.4, -0.2) is 34.9 Å². The van der Waals surface area contributed by atoms with Crippen molar-refractivity contribution in [3.05, 3.63) is 29.7 Å². The van der Waals surface area contributed by atoms with Gasteiger partial charge in [0, 0.05) is 30.9 Å². The van der Waals surface area contributed by atoms with Crippen LogP contribution in [0.25, 0.3) is 11.1 Å². The van der Waals surface area contributed by atoms with Crippen LogP contribution in [-0.2, 0) is 0 Å². The van der Waals surface area contributed by atoms with Crippen LogP contribution in [0.5, 0.6) is 0 Å². The Hall–Kier alpha value is -1.88. The highest BCUT2D eigenvalue weighted by atomic mass is 16.3. The number of nitrogens with zero attached hydrogens (tertiary/aromatic N) is 2. The Balaban J connectivity index is 1.75. The minimum absolute atomic E-state index is 0.0474. The summed E-state index contributed by atoms with van der Waals surface area (Å²) < 4.78 is 5.63. The van der Waals surface area contributed by atoms with E-state index >= 15 is 0 Å². The highest BCUT2D eigenvalue weighted by Crippen LogP contribution is 2.23. The zero-order valence-corrected chi connectivity index (χ0v) is 12.5. The van der Waals surface area contributed by atoms with E-state index < -0.39 is 0 Å². The number of nitrogens with two attached hydrogens (primary N) is 1. The number of rotatable bonds is 2. The van der Waals surface area contributed by atoms with Crippen molar-refractivity contribution < 1.29 is 9.21 Å². The molecule has 3 heterocycles. The monoisotopic (exact) mass is 287 g/mol. The number of hydrogen-bond donors (Lipinski definition) is 1. The van der Waals surface area contributed by atoms with Crippen LogP contribution in [0.2, 0.25) is 0 Å². The van der Waals surface area contributed by atoms with E-state index in [1.807, 2.05) is 30.9 Å². The van der Waals surface area contributed by atoms with Crippen LogP contribution < -0.4 is 5.73 Å². The van der Waals surface area contributed by atoms with Gasteiger partial charge in [-0.2, -0.15) is 0 Å². The molecule has 21 heavy (non-hydrogen) atoms. The summed E-state index contributed by atoms with van der Waals surface area (Å²) in [6.45, 7) is 5.45. The third kappa shape index (κ3) is 2.78. The third-order valence-electron chi connectivity index (χ3n) is 4.29. The first-order chi connectivity index (χ1) is 10.0. The van der Waals surface area contributed by atoms with Gasteiger partial charge < -0.3 is 15.1 Å². The fourth-order valence-corrected chi connectivity index (χ4v) is 2.92. The molecular weight excluding hydrogens is 266 g/mol. The molecule has 1 fully saturated rings. The molecule has 0 saturated carbocycles. The molecule has 1 aliphatic rings. The zero-order valence-electron chi connectivity index (χ0n) is 12.5. The summed E-state index contributed by atoms with van der Waals surface area (Å²) >= 11 is 0. The number of likely N-dealkylation sites (tertiary alicyclic amines) is 1. The van der Waals surface area contributed by atoms with Gasteiger partial charge in [-0.1, -0.05) is 0 Å². The number of furan rings is 1. The average molecular weight is 287 g/mol. The number of pyridine rings is 1. The summed E-state index contributed by atoms with van der Waals surface area (Å²) in [5.41, 5.74) is 8.25. The Morgan fingerprint density at radius 1 is 1.43 bits per heavy atom. The summed E-state index contributed by atoms with van der Waals surface area (Å²) in [5.74, 6) is 0.838. The normalized spacial score (nSPS) is 18.1. The molecule has 5 heteroatoms. The fraction of sp³-hybridized carbons (Fsp3) is 0.500. The summed E-state index contributed by atoms with van der Waals surface area (Å²) in [6.07, 6.45) is 1.92. The Morgan fingerprint density at radius 2 is 2.14 bits per heavy atom. The summed E-state index contributed by atoms with van der Waals surface area (Å²) in [4.78, 5) is 18.7. The van der Waals surface area contributed by atoms with Crippen molar-refractivity contribution >= 4 is 17.0 Å². The first-order valence-electron chi connectivity index (χ1n) is 7.46. The molecule has 2 aromatic rings. The Bertz CT molecular complexity index is 655. The van der Waals surface area contributed by atoms with E-state index in [4.69, 9.17) is 10.2 Å². The predicted octanol–water partition coefficient (Wildman–Crippen LogP) is 2.34. The van der Waals surface area contributed by atoms with Gasteiger partial charge in [0.15, 0.2) is 11.3 Å². The molecule has 0 radical (unpaired) electrons. The highest BCUT2D eigenvalue weighted by molar-refractivity contribution is 5.95. The highest BCUT2D eigenvalue weighted by Gasteiger charge is 2.27. The number of aromatic nitrogens is 1. The van der Waals surface area contributed by atoms with E-state index in [1.165, 1.54) is 0 Å². The molecule has 1 atom stereocenters. The molecule has 0 aliphatic carbocycles. The molecule has 1 saturated heterocycles. The molecule has 1 amide bonds. The summed E-state index contributed by atoms with van der Waals surface area (Å²) in [6, 6.07) is 5.67. The second-order valence-electron chi connectivity index (χ2n) is 5.94. The lowest BCUT2D eigenvalue weighted by Gasteiger charge is -2.33. The van der Waals surface area contributed by atoms with Gasteiger partial charge in [0.25, 0.3) is 5.91 Å². The van der Waals surface area contributed by atoms with Crippen LogP contribution in [0.1, 0.15) is 36.0 Å². The number of hydrogen-bond acceptors (Lipinski definition) is 4. The molecule has 0 spiro atoms. The van der Waals surface area contributed by atoms with Crippen LogP contribution in [0, 0.1) is 12.8 Å². The number of carbonyl (C=O) groups is 1. The summed E-state index contributed by atoms with van der Waals surface area (Å²) in [7, 11) is 0. The van der Waals surface area contributed by atoms with Gasteiger partial charge >= 0.3 is 0 Å². The van der Waals surface area contributed by atoms with Gasteiger partial charge in [0.1, 0.15) is 5.52 Å². The van der Waals surface area contributed by atoms with E-state index in [2.05, 4.69) is 4.98 Å². The second kappa shape index (κ2) is 5.48. The maximum absolute atomic E-state index is 12.5. The Labute approximate surface area is 124 Å². The Morgan fingerprint density at radius 3 is 2.81 bits per heavy atom. The van der Waals surface area contributed by atoms with E-state index in [9.17, 15) is 4.79 Å². The van der Waals surface area contributed by atoms with E-state index in [1.54, 1.807) is 6.07 Å². The van der Waals surface area contributed by atoms with Crippen LogP contribution in [0.4, 0.5) is 0 Å². The number of fused-ring (bicyclic) bond motifs is 1. The van der Waals surface area contributed by atoms with Gasteiger partial charge in [0.2, 0.25) is 0 Å². The van der Waals surface area contributed by atoms with Gasteiger partial charge in [-0.15, -0.1) is 0 Å². The van der Waals surface area contributed by atoms with Gasteiger partial charge in [0.05, 0.1) is 0 Å². The number of carbonyl (C=O) groups excluding carboxylic acids is 1. The second-order valence-corrected chi connectivity index (χ2v) is 5.94. The zero-order chi connectivity index (χ0) is 15.0. The molecule has 1 unspecified atom stereocenters. The lowest BCUT2D eigenvalue weighted by atomic mass is 9.91. The maximum atomic E-state index is 12.5.